The van der Waals surface area contributed by atoms with Gasteiger partial charge in [-0.2, -0.15) is 4.65 Å². The molecule has 0 aliphatic heterocycles. The largest absolute Gasteiger partial charge is 0.377 e. The summed E-state index contributed by atoms with van der Waals surface area (Å²) in [7, 11) is 1.84. The molecular formula is C34H48NO3+. The molecule has 4 aliphatic carbocycles. The Morgan fingerprint density at radius 3 is 2.37 bits per heavy atom. The van der Waals surface area contributed by atoms with E-state index < -0.39 is 5.60 Å². The van der Waals surface area contributed by atoms with Crippen molar-refractivity contribution in [3.63, 3.8) is 0 Å². The maximum absolute atomic E-state index is 12.3. The lowest BCUT2D eigenvalue weighted by molar-refractivity contribution is -0.117. The van der Waals surface area contributed by atoms with Crippen LogP contribution in [0.2, 0.25) is 0 Å². The number of hydrogen-bond donors (Lipinski definition) is 2. The van der Waals surface area contributed by atoms with Crippen molar-refractivity contribution < 1.29 is 15.1 Å². The van der Waals surface area contributed by atoms with Crippen LogP contribution in [0, 0.1) is 46.3 Å². The molecule has 2 N–H and O–H groups in total. The zero-order valence-electron chi connectivity index (χ0n) is 24.6. The monoisotopic (exact) mass is 518 g/mol. The second-order valence-corrected chi connectivity index (χ2v) is 14.6. The first kappa shape index (κ1) is 27.6. The van der Waals surface area contributed by atoms with Gasteiger partial charge in [0, 0.05) is 29.4 Å². The van der Waals surface area contributed by atoms with Gasteiger partial charge in [-0.05, 0) is 114 Å². The Hall–Kier alpha value is -1.93. The van der Waals surface area contributed by atoms with Crippen molar-refractivity contribution in [3.05, 3.63) is 41.5 Å². The number of hydroxylamine groups is 2. The van der Waals surface area contributed by atoms with E-state index in [0.29, 0.717) is 30.1 Å². The smallest absolute Gasteiger partial charge is 0.165 e. The maximum Gasteiger partial charge on any atom is 0.165 e. The number of carbonyl (C=O) groups excluding carboxylic acids is 1. The van der Waals surface area contributed by atoms with Gasteiger partial charge < -0.3 is 5.11 Å². The van der Waals surface area contributed by atoms with E-state index in [4.69, 9.17) is 0 Å². The van der Waals surface area contributed by atoms with Crippen molar-refractivity contribution in [1.82, 2.24) is 4.65 Å². The molecule has 4 aliphatic rings. The standard InChI is InChI=1S/C34H48NO3/c1-22(2)35(7,38)25-11-8-23(9-12-25)29-21-33(6)30(16-17-34(33,37)19-18-32(3,4)5)28-14-10-24-20-26(36)13-15-27(24)31(28)29/h8-9,11-12,20,22,27-31,37-38H,10,13-17,21H2,1-7H3/q+1/t27-,28-,29+,30-,31+,33-,34+,35+/m0/s1. The SMILES string of the molecule is CC(C)[N@@+](C)(O)c1ccc([C@H]2C[C@@]3(C)[C@@H](CC[C@@]3(O)C#CC(C)(C)C)[C@@H]3CCC4=CC(=O)CC[C@@H]4[C@H]32)cc1. The Balaban J connectivity index is 1.59. The lowest BCUT2D eigenvalue weighted by Gasteiger charge is -2.58. The summed E-state index contributed by atoms with van der Waals surface area (Å²) < 4.78 is -0.142. The van der Waals surface area contributed by atoms with Gasteiger partial charge >= 0.3 is 0 Å². The first-order valence-electron chi connectivity index (χ1n) is 14.9. The van der Waals surface area contributed by atoms with E-state index in [0.717, 1.165) is 44.2 Å². The highest BCUT2D eigenvalue weighted by Gasteiger charge is 2.64. The number of rotatable bonds is 3. The molecule has 206 valence electrons. The van der Waals surface area contributed by atoms with Gasteiger partial charge in [0.15, 0.2) is 11.5 Å². The van der Waals surface area contributed by atoms with Crippen LogP contribution in [0.1, 0.15) is 98.0 Å². The Labute approximate surface area is 230 Å². The minimum Gasteiger partial charge on any atom is -0.377 e. The molecule has 0 saturated heterocycles. The molecule has 0 radical (unpaired) electrons. The molecule has 0 unspecified atom stereocenters. The number of aliphatic hydroxyl groups is 1. The van der Waals surface area contributed by atoms with E-state index in [1.165, 1.54) is 11.1 Å². The number of benzene rings is 1. The fourth-order valence-electron chi connectivity index (χ4n) is 8.47. The molecule has 0 heterocycles. The number of fused-ring (bicyclic) bond motifs is 5. The normalized spacial score (nSPS) is 38.3. The predicted octanol–water partition coefficient (Wildman–Crippen LogP) is 7.04. The van der Waals surface area contributed by atoms with Gasteiger partial charge in [-0.1, -0.05) is 36.5 Å². The summed E-state index contributed by atoms with van der Waals surface area (Å²) in [6.45, 7) is 12.7. The summed E-state index contributed by atoms with van der Waals surface area (Å²) in [5, 5.41) is 23.2. The lowest BCUT2D eigenvalue weighted by Crippen LogP contribution is -2.54. The van der Waals surface area contributed by atoms with Crippen molar-refractivity contribution in [1.29, 1.82) is 0 Å². The fraction of sp³-hybridized carbons (Fsp3) is 0.676. The molecular weight excluding hydrogens is 470 g/mol. The first-order valence-corrected chi connectivity index (χ1v) is 14.9. The highest BCUT2D eigenvalue weighted by Crippen LogP contribution is 2.68. The third-order valence-electron chi connectivity index (χ3n) is 10.9. The second-order valence-electron chi connectivity index (χ2n) is 14.6. The quantitative estimate of drug-likeness (QED) is 0.256. The van der Waals surface area contributed by atoms with Crippen LogP contribution >= 0.6 is 0 Å². The third kappa shape index (κ3) is 4.49. The average molecular weight is 519 g/mol. The molecule has 8 atom stereocenters. The van der Waals surface area contributed by atoms with E-state index >= 15 is 0 Å². The van der Waals surface area contributed by atoms with Gasteiger partial charge in [0.05, 0.1) is 0 Å². The van der Waals surface area contributed by atoms with Gasteiger partial charge in [-0.25, -0.2) is 5.21 Å². The summed E-state index contributed by atoms with van der Waals surface area (Å²) in [5.41, 5.74) is 2.14. The maximum atomic E-state index is 12.3. The van der Waals surface area contributed by atoms with E-state index in [2.05, 4.69) is 63.8 Å². The summed E-state index contributed by atoms with van der Waals surface area (Å²) in [5.74, 6) is 9.29. The Kier molecular flexibility index (Phi) is 6.78. The molecule has 3 fully saturated rings. The van der Waals surface area contributed by atoms with Crippen molar-refractivity contribution in [2.45, 2.75) is 104 Å². The highest BCUT2D eigenvalue weighted by molar-refractivity contribution is 5.91. The number of nitrogens with zero attached hydrogens (tertiary/aromatic N) is 1. The zero-order chi connectivity index (χ0) is 27.7. The van der Waals surface area contributed by atoms with Gasteiger partial charge in [0.2, 0.25) is 0 Å². The molecule has 0 aromatic heterocycles. The van der Waals surface area contributed by atoms with Crippen LogP contribution in [0.3, 0.4) is 0 Å². The minimum absolute atomic E-state index is 0.0558. The summed E-state index contributed by atoms with van der Waals surface area (Å²) in [6.07, 6.45) is 8.35. The number of allylic oxidation sites excluding steroid dienone is 1. The molecule has 0 spiro atoms. The number of carbonyl (C=O) groups is 1. The molecule has 4 heteroatoms. The molecule has 1 aromatic rings. The second kappa shape index (κ2) is 9.33. The molecule has 0 bridgehead atoms. The zero-order valence-corrected chi connectivity index (χ0v) is 24.6. The van der Waals surface area contributed by atoms with Crippen molar-refractivity contribution >= 4 is 11.5 Å². The first-order chi connectivity index (χ1) is 17.7. The lowest BCUT2D eigenvalue weighted by atomic mass is 9.46. The highest BCUT2D eigenvalue weighted by atomic mass is 16.5. The van der Waals surface area contributed by atoms with Crippen LogP contribution in [0.15, 0.2) is 35.9 Å². The van der Waals surface area contributed by atoms with E-state index in [1.807, 2.05) is 27.0 Å². The van der Waals surface area contributed by atoms with Gasteiger partial charge in [0.25, 0.3) is 0 Å². The van der Waals surface area contributed by atoms with Gasteiger partial charge in [-0.3, -0.25) is 4.79 Å². The Bertz CT molecular complexity index is 1180. The summed E-state index contributed by atoms with van der Waals surface area (Å²) >= 11 is 0. The number of quaternary nitrogens is 1. The van der Waals surface area contributed by atoms with Crippen LogP contribution in [0.25, 0.3) is 0 Å². The van der Waals surface area contributed by atoms with Crippen molar-refractivity contribution in [2.75, 3.05) is 7.05 Å². The number of hydrogen-bond acceptors (Lipinski definition) is 3. The summed E-state index contributed by atoms with van der Waals surface area (Å²) in [4.78, 5) is 12.3. The van der Waals surface area contributed by atoms with Crippen molar-refractivity contribution in [2.24, 2.45) is 34.5 Å². The molecule has 1 aromatic carbocycles. The van der Waals surface area contributed by atoms with E-state index in [1.54, 1.807) is 0 Å². The fourth-order valence-corrected chi connectivity index (χ4v) is 8.47. The Morgan fingerprint density at radius 1 is 1.05 bits per heavy atom. The van der Waals surface area contributed by atoms with E-state index in [9.17, 15) is 15.1 Å². The van der Waals surface area contributed by atoms with Gasteiger partial charge in [0.1, 0.15) is 18.7 Å². The van der Waals surface area contributed by atoms with Crippen molar-refractivity contribution in [3.8, 4) is 11.8 Å². The Morgan fingerprint density at radius 2 is 1.74 bits per heavy atom. The van der Waals surface area contributed by atoms with Crippen LogP contribution < -0.4 is 4.65 Å². The molecule has 4 nitrogen and oxygen atoms in total. The van der Waals surface area contributed by atoms with Crippen LogP contribution in [-0.4, -0.2) is 34.8 Å². The van der Waals surface area contributed by atoms with Crippen LogP contribution in [0.5, 0.6) is 0 Å². The third-order valence-corrected chi connectivity index (χ3v) is 10.9. The predicted molar refractivity (Wildman–Crippen MR) is 153 cm³/mol. The van der Waals surface area contributed by atoms with Crippen LogP contribution in [0.4, 0.5) is 5.69 Å². The molecule has 3 saturated carbocycles. The molecule has 38 heavy (non-hydrogen) atoms. The van der Waals surface area contributed by atoms with E-state index in [-0.39, 0.29) is 33.2 Å². The summed E-state index contributed by atoms with van der Waals surface area (Å²) in [6, 6.07) is 8.67. The average Bonchev–Trinajstić information content (AvgIpc) is 3.12. The van der Waals surface area contributed by atoms with Gasteiger partial charge in [-0.15, -0.1) is 0 Å². The molecule has 0 amide bonds. The topological polar surface area (TPSA) is 57.5 Å². The number of ketones is 1. The molecule has 5 rings (SSSR count). The van der Waals surface area contributed by atoms with Crippen LogP contribution in [-0.2, 0) is 4.79 Å². The minimum atomic E-state index is -0.981.